The summed E-state index contributed by atoms with van der Waals surface area (Å²) in [6.45, 7) is 20.1. The van der Waals surface area contributed by atoms with Crippen LogP contribution < -0.4 is 0 Å². The molecule has 2 rings (SSSR count). The average molecular weight is 347 g/mol. The monoisotopic (exact) mass is 346 g/mol. The smallest absolute Gasteiger partial charge is 0.0724 e. The molecule has 0 fully saturated rings. The predicted molar refractivity (Wildman–Crippen MR) is 111 cm³/mol. The molecule has 1 atom stereocenters. The third-order valence-electron chi connectivity index (χ3n) is 4.33. The molecule has 2 heteroatoms. The van der Waals surface area contributed by atoms with Crippen molar-refractivity contribution >= 4 is 29.1 Å². The van der Waals surface area contributed by atoms with Crippen LogP contribution in [0, 0.1) is 6.92 Å². The summed E-state index contributed by atoms with van der Waals surface area (Å²) >= 11 is 3.85. The molecule has 23 heavy (non-hydrogen) atoms. The molecule has 1 heterocycles. The van der Waals surface area contributed by atoms with Crippen molar-refractivity contribution in [2.45, 2.75) is 63.9 Å². The minimum atomic E-state index is 0.166. The van der Waals surface area contributed by atoms with Crippen molar-refractivity contribution in [1.29, 1.82) is 0 Å². The van der Waals surface area contributed by atoms with E-state index >= 15 is 0 Å². The zero-order valence-corrected chi connectivity index (χ0v) is 17.3. The second-order valence-corrected chi connectivity index (χ2v) is 10.8. The Morgan fingerprint density at radius 3 is 1.91 bits per heavy atom. The number of hydrogen-bond donors (Lipinski definition) is 0. The van der Waals surface area contributed by atoms with E-state index in [0.29, 0.717) is 4.58 Å². The molecule has 126 valence electrons. The highest BCUT2D eigenvalue weighted by molar-refractivity contribution is 8.19. The number of benzene rings is 1. The quantitative estimate of drug-likeness (QED) is 0.533. The molecule has 1 aromatic rings. The number of rotatable bonds is 2. The summed E-state index contributed by atoms with van der Waals surface area (Å²) in [6.07, 6.45) is 2.04. The van der Waals surface area contributed by atoms with Crippen LogP contribution >= 0.6 is 23.5 Å². The first-order valence-corrected chi connectivity index (χ1v) is 10.3. The van der Waals surface area contributed by atoms with E-state index in [2.05, 4.69) is 72.6 Å². The zero-order valence-electron chi connectivity index (χ0n) is 15.6. The first-order valence-electron chi connectivity index (χ1n) is 8.28. The molecule has 0 radical (unpaired) electrons. The second kappa shape index (κ2) is 6.72. The van der Waals surface area contributed by atoms with Crippen molar-refractivity contribution < 1.29 is 0 Å². The molecule has 0 bridgehead atoms. The molecular weight excluding hydrogens is 316 g/mol. The maximum Gasteiger partial charge on any atom is 0.0724 e. The fourth-order valence-electron chi connectivity index (χ4n) is 3.13. The topological polar surface area (TPSA) is 0 Å². The number of thioether (sulfide) groups is 2. The van der Waals surface area contributed by atoms with Crippen LogP contribution in [0.2, 0.25) is 0 Å². The second-order valence-electron chi connectivity index (χ2n) is 8.39. The van der Waals surface area contributed by atoms with Crippen molar-refractivity contribution in [3.63, 3.8) is 0 Å². The zero-order chi connectivity index (χ0) is 17.4. The minimum absolute atomic E-state index is 0.166. The van der Waals surface area contributed by atoms with Gasteiger partial charge in [0.2, 0.25) is 0 Å². The molecule has 1 unspecified atom stereocenters. The Morgan fingerprint density at radius 1 is 1.04 bits per heavy atom. The highest BCUT2D eigenvalue weighted by Crippen LogP contribution is 2.41. The minimum Gasteiger partial charge on any atom is -0.138 e. The highest BCUT2D eigenvalue weighted by Gasteiger charge is 2.25. The molecule has 0 amide bonds. The maximum atomic E-state index is 3.92. The number of hydrogen-bond acceptors (Lipinski definition) is 2. The molecule has 0 N–H and O–H groups in total. The third-order valence-corrected chi connectivity index (χ3v) is 6.96. The first kappa shape index (κ1) is 18.7. The van der Waals surface area contributed by atoms with Gasteiger partial charge in [-0.2, -0.15) is 0 Å². The van der Waals surface area contributed by atoms with Gasteiger partial charge in [-0.1, -0.05) is 59.8 Å². The van der Waals surface area contributed by atoms with Crippen LogP contribution in [0.1, 0.15) is 63.8 Å². The van der Waals surface area contributed by atoms with E-state index in [1.807, 2.05) is 29.6 Å². The van der Waals surface area contributed by atoms with E-state index in [0.717, 1.165) is 5.75 Å². The van der Waals surface area contributed by atoms with Crippen LogP contribution in [0.4, 0.5) is 0 Å². The largest absolute Gasteiger partial charge is 0.138 e. The molecule has 0 saturated carbocycles. The Morgan fingerprint density at radius 2 is 1.57 bits per heavy atom. The lowest BCUT2D eigenvalue weighted by molar-refractivity contribution is 0.561. The molecule has 0 aromatic heterocycles. The van der Waals surface area contributed by atoms with Crippen LogP contribution in [-0.2, 0) is 10.8 Å². The van der Waals surface area contributed by atoms with Crippen molar-refractivity contribution in [1.82, 2.24) is 0 Å². The lowest BCUT2D eigenvalue weighted by Crippen LogP contribution is -2.20. The molecular formula is C21H30S2. The van der Waals surface area contributed by atoms with E-state index < -0.39 is 0 Å². The van der Waals surface area contributed by atoms with E-state index in [9.17, 15) is 0 Å². The summed E-state index contributed by atoms with van der Waals surface area (Å²) in [6, 6.07) is 4.84. The molecule has 0 spiro atoms. The van der Waals surface area contributed by atoms with Gasteiger partial charge in [0.25, 0.3) is 0 Å². The fraction of sp³-hybridized carbons (Fsp3) is 0.524. The summed E-state index contributed by atoms with van der Waals surface area (Å²) in [5.74, 6) is 1.07. The van der Waals surface area contributed by atoms with Gasteiger partial charge in [-0.25, -0.2) is 0 Å². The molecule has 0 nitrogen and oxygen atoms in total. The van der Waals surface area contributed by atoms with Crippen LogP contribution in [0.5, 0.6) is 0 Å². The Kier molecular flexibility index (Phi) is 5.48. The Bertz CT molecular complexity index is 589. The van der Waals surface area contributed by atoms with E-state index in [1.54, 1.807) is 0 Å². The average Bonchev–Trinajstić information content (AvgIpc) is 2.45. The lowest BCUT2D eigenvalue weighted by Gasteiger charge is -2.30. The Labute approximate surface area is 151 Å². The van der Waals surface area contributed by atoms with E-state index in [1.165, 1.54) is 27.8 Å². The van der Waals surface area contributed by atoms with Crippen LogP contribution in [0.25, 0.3) is 5.57 Å². The Balaban J connectivity index is 2.57. The van der Waals surface area contributed by atoms with E-state index in [-0.39, 0.29) is 10.8 Å². The standard InChI is InChI=1S/C21H30S2/c1-9-19-22-12-16(13-23-19)15-10-17(20(3,4)5)14(2)18(11-15)21(6,7)8/h9-12,19H,1,13H2,2-8H3. The summed E-state index contributed by atoms with van der Waals surface area (Å²) < 4.78 is 0.494. The summed E-state index contributed by atoms with van der Waals surface area (Å²) in [4.78, 5) is 0. The van der Waals surface area contributed by atoms with Gasteiger partial charge < -0.3 is 0 Å². The van der Waals surface area contributed by atoms with Gasteiger partial charge in [0, 0.05) is 5.75 Å². The summed E-state index contributed by atoms with van der Waals surface area (Å²) in [5, 5.41) is 2.34. The SMILES string of the molecule is C=CC1SC=C(c2cc(C(C)(C)C)c(C)c(C(C)(C)C)c2)CS1. The van der Waals surface area contributed by atoms with Crippen LogP contribution in [0.3, 0.4) is 0 Å². The van der Waals surface area contributed by atoms with Gasteiger partial charge >= 0.3 is 0 Å². The third kappa shape index (κ3) is 4.28. The van der Waals surface area contributed by atoms with Crippen molar-refractivity contribution in [2.75, 3.05) is 5.75 Å². The predicted octanol–water partition coefficient (Wildman–Crippen LogP) is 6.92. The van der Waals surface area contributed by atoms with Gasteiger partial charge in [-0.3, -0.25) is 0 Å². The molecule has 0 saturated heterocycles. The van der Waals surface area contributed by atoms with Crippen molar-refractivity contribution in [3.8, 4) is 0 Å². The van der Waals surface area contributed by atoms with Gasteiger partial charge in [0.1, 0.15) is 0 Å². The summed E-state index contributed by atoms with van der Waals surface area (Å²) in [7, 11) is 0. The van der Waals surface area contributed by atoms with Gasteiger partial charge in [-0.15, -0.1) is 30.1 Å². The molecule has 1 aromatic carbocycles. The molecule has 1 aliphatic heterocycles. The summed E-state index contributed by atoms with van der Waals surface area (Å²) in [5.41, 5.74) is 7.58. The molecule has 0 aliphatic carbocycles. The molecule has 1 aliphatic rings. The maximum absolute atomic E-state index is 3.92. The normalized spacial score (nSPS) is 19.4. The van der Waals surface area contributed by atoms with Gasteiger partial charge in [0.05, 0.1) is 4.58 Å². The van der Waals surface area contributed by atoms with E-state index in [4.69, 9.17) is 0 Å². The fourth-order valence-corrected chi connectivity index (χ4v) is 5.28. The van der Waals surface area contributed by atoms with Crippen LogP contribution in [0.15, 0.2) is 30.2 Å². The lowest BCUT2D eigenvalue weighted by atomic mass is 9.75. The Hall–Kier alpha value is -0.600. The van der Waals surface area contributed by atoms with Gasteiger partial charge in [-0.05, 0) is 51.0 Å². The highest BCUT2D eigenvalue weighted by atomic mass is 32.2. The van der Waals surface area contributed by atoms with Gasteiger partial charge in [0.15, 0.2) is 0 Å². The van der Waals surface area contributed by atoms with Crippen molar-refractivity contribution in [2.24, 2.45) is 0 Å². The van der Waals surface area contributed by atoms with Crippen LogP contribution in [-0.4, -0.2) is 10.3 Å². The first-order chi connectivity index (χ1) is 10.5. The van der Waals surface area contributed by atoms with Crippen molar-refractivity contribution in [3.05, 3.63) is 52.4 Å².